The van der Waals surface area contributed by atoms with Crippen molar-refractivity contribution in [1.29, 1.82) is 0 Å². The summed E-state index contributed by atoms with van der Waals surface area (Å²) in [6, 6.07) is 7.88. The number of hydrogen-bond donors (Lipinski definition) is 0. The second-order valence-electron chi connectivity index (χ2n) is 4.44. The number of benzene rings is 2. The highest BCUT2D eigenvalue weighted by molar-refractivity contribution is 5.98. The largest absolute Gasteiger partial charge is 0.497 e. The Bertz CT molecular complexity index is 646. The van der Waals surface area contributed by atoms with Gasteiger partial charge in [0.1, 0.15) is 23.1 Å². The molecule has 2 aromatic carbocycles. The molecule has 3 nitrogen and oxygen atoms in total. The fourth-order valence-corrected chi connectivity index (χ4v) is 1.91. The Kier molecular flexibility index (Phi) is 4.52. The Labute approximate surface area is 121 Å². The van der Waals surface area contributed by atoms with Gasteiger partial charge < -0.3 is 9.47 Å². The molecule has 0 aliphatic rings. The fourth-order valence-electron chi connectivity index (χ4n) is 1.91. The van der Waals surface area contributed by atoms with Gasteiger partial charge in [0, 0.05) is 24.1 Å². The van der Waals surface area contributed by atoms with E-state index >= 15 is 0 Å². The van der Waals surface area contributed by atoms with Gasteiger partial charge in [0.05, 0.1) is 14.2 Å². The zero-order chi connectivity index (χ0) is 15.4. The Morgan fingerprint density at radius 1 is 1.00 bits per heavy atom. The van der Waals surface area contributed by atoms with Gasteiger partial charge in [-0.15, -0.1) is 0 Å². The lowest BCUT2D eigenvalue weighted by Gasteiger charge is -2.08. The number of rotatable bonds is 5. The van der Waals surface area contributed by atoms with Gasteiger partial charge in [0.15, 0.2) is 5.78 Å². The molecule has 110 valence electrons. The van der Waals surface area contributed by atoms with E-state index in [1.54, 1.807) is 18.2 Å². The van der Waals surface area contributed by atoms with Gasteiger partial charge in [-0.1, -0.05) is 6.07 Å². The molecule has 0 fully saturated rings. The molecule has 0 atom stereocenters. The van der Waals surface area contributed by atoms with Crippen molar-refractivity contribution < 1.29 is 23.0 Å². The highest BCUT2D eigenvalue weighted by atomic mass is 19.1. The Balaban J connectivity index is 2.27. The summed E-state index contributed by atoms with van der Waals surface area (Å²) < 4.78 is 36.6. The number of carbonyl (C=O) groups excluding carboxylic acids is 1. The average Bonchev–Trinajstić information content (AvgIpc) is 2.49. The van der Waals surface area contributed by atoms with Crippen molar-refractivity contribution in [3.8, 4) is 11.5 Å². The van der Waals surface area contributed by atoms with Crippen molar-refractivity contribution in [3.05, 3.63) is 59.2 Å². The van der Waals surface area contributed by atoms with Crippen molar-refractivity contribution in [2.75, 3.05) is 14.2 Å². The van der Waals surface area contributed by atoms with E-state index in [9.17, 15) is 13.6 Å². The maximum absolute atomic E-state index is 13.6. The van der Waals surface area contributed by atoms with Crippen molar-refractivity contribution >= 4 is 5.78 Å². The lowest BCUT2D eigenvalue weighted by molar-refractivity contribution is 0.0991. The zero-order valence-electron chi connectivity index (χ0n) is 11.7. The minimum Gasteiger partial charge on any atom is -0.497 e. The van der Waals surface area contributed by atoms with Crippen LogP contribution in [0.25, 0.3) is 0 Å². The molecule has 0 amide bonds. The Morgan fingerprint density at radius 3 is 2.14 bits per heavy atom. The predicted molar refractivity (Wildman–Crippen MR) is 73.9 cm³/mol. The van der Waals surface area contributed by atoms with Crippen LogP contribution in [0.4, 0.5) is 8.78 Å². The molecule has 5 heteroatoms. The first-order valence-corrected chi connectivity index (χ1v) is 6.23. The molecule has 0 aliphatic heterocycles. The molecule has 0 heterocycles. The van der Waals surface area contributed by atoms with Gasteiger partial charge in [-0.2, -0.15) is 0 Å². The summed E-state index contributed by atoms with van der Waals surface area (Å²) in [4.78, 5) is 12.2. The average molecular weight is 292 g/mol. The molecule has 0 radical (unpaired) electrons. The zero-order valence-corrected chi connectivity index (χ0v) is 11.7. The number of halogens is 2. The van der Waals surface area contributed by atoms with Crippen LogP contribution >= 0.6 is 0 Å². The van der Waals surface area contributed by atoms with Crippen LogP contribution < -0.4 is 9.47 Å². The van der Waals surface area contributed by atoms with Crippen molar-refractivity contribution in [1.82, 2.24) is 0 Å². The minimum absolute atomic E-state index is 0.142. The van der Waals surface area contributed by atoms with Crippen LogP contribution in [-0.2, 0) is 6.42 Å². The van der Waals surface area contributed by atoms with Crippen LogP contribution in [0.15, 0.2) is 36.4 Å². The summed E-state index contributed by atoms with van der Waals surface area (Å²) in [5, 5.41) is 0. The van der Waals surface area contributed by atoms with Gasteiger partial charge in [0.25, 0.3) is 0 Å². The topological polar surface area (TPSA) is 35.5 Å². The number of Topliss-reactive ketones (excluding diaryl/α,β-unsaturated/α-hetero) is 1. The quantitative estimate of drug-likeness (QED) is 0.792. The first-order chi connectivity index (χ1) is 10.0. The molecule has 21 heavy (non-hydrogen) atoms. The number of ketones is 1. The summed E-state index contributed by atoms with van der Waals surface area (Å²) in [5.74, 6) is -0.780. The molecule has 0 unspecified atom stereocenters. The molecule has 0 N–H and O–H groups in total. The van der Waals surface area contributed by atoms with E-state index in [0.29, 0.717) is 17.1 Å². The monoisotopic (exact) mass is 292 g/mol. The van der Waals surface area contributed by atoms with Crippen LogP contribution in [0.3, 0.4) is 0 Å². The van der Waals surface area contributed by atoms with Crippen molar-refractivity contribution in [3.63, 3.8) is 0 Å². The summed E-state index contributed by atoms with van der Waals surface area (Å²) in [5.41, 5.74) is 0.484. The molecule has 2 aromatic rings. The molecule has 0 aromatic heterocycles. The van der Waals surface area contributed by atoms with Gasteiger partial charge in [-0.3, -0.25) is 4.79 Å². The summed E-state index contributed by atoms with van der Waals surface area (Å²) in [6.45, 7) is 0. The molecular weight excluding hydrogens is 278 g/mol. The van der Waals surface area contributed by atoms with Crippen LogP contribution in [0.5, 0.6) is 11.5 Å². The first kappa shape index (κ1) is 15.0. The van der Waals surface area contributed by atoms with Crippen LogP contribution in [-0.4, -0.2) is 20.0 Å². The second kappa shape index (κ2) is 6.35. The lowest BCUT2D eigenvalue weighted by atomic mass is 10.0. The Morgan fingerprint density at radius 2 is 1.62 bits per heavy atom. The molecule has 2 rings (SSSR count). The standard InChI is InChI=1S/C16H14F2O3/c1-20-13-5-11(6-14(9-13)21-2)16(19)7-10-3-4-12(17)8-15(10)18/h3-6,8-9H,7H2,1-2H3. The summed E-state index contributed by atoms with van der Waals surface area (Å²) >= 11 is 0. The smallest absolute Gasteiger partial charge is 0.167 e. The lowest BCUT2D eigenvalue weighted by Crippen LogP contribution is -2.06. The van der Waals surface area contributed by atoms with Crippen LogP contribution in [0.2, 0.25) is 0 Å². The first-order valence-electron chi connectivity index (χ1n) is 6.23. The van der Waals surface area contributed by atoms with E-state index in [4.69, 9.17) is 9.47 Å². The Hall–Kier alpha value is -2.43. The molecular formula is C16H14F2O3. The molecule has 0 aliphatic carbocycles. The normalized spacial score (nSPS) is 10.3. The third kappa shape index (κ3) is 3.56. The van der Waals surface area contributed by atoms with E-state index in [0.717, 1.165) is 12.1 Å². The van der Waals surface area contributed by atoms with Crippen LogP contribution in [0, 0.1) is 11.6 Å². The van der Waals surface area contributed by atoms with Gasteiger partial charge in [-0.05, 0) is 23.8 Å². The second-order valence-corrected chi connectivity index (χ2v) is 4.44. The molecule has 0 saturated carbocycles. The third-order valence-electron chi connectivity index (χ3n) is 3.04. The SMILES string of the molecule is COc1cc(OC)cc(C(=O)Cc2ccc(F)cc2F)c1. The van der Waals surface area contributed by atoms with E-state index in [1.807, 2.05) is 0 Å². The molecule has 0 bridgehead atoms. The highest BCUT2D eigenvalue weighted by Gasteiger charge is 2.13. The molecule has 0 saturated heterocycles. The van der Waals surface area contributed by atoms with Crippen molar-refractivity contribution in [2.45, 2.75) is 6.42 Å². The van der Waals surface area contributed by atoms with Gasteiger partial charge >= 0.3 is 0 Å². The minimum atomic E-state index is -0.738. The maximum Gasteiger partial charge on any atom is 0.167 e. The van der Waals surface area contributed by atoms with Crippen LogP contribution in [0.1, 0.15) is 15.9 Å². The third-order valence-corrected chi connectivity index (χ3v) is 3.04. The van der Waals surface area contributed by atoms with E-state index in [2.05, 4.69) is 0 Å². The van der Waals surface area contributed by atoms with E-state index in [-0.39, 0.29) is 17.8 Å². The number of carbonyl (C=O) groups is 1. The maximum atomic E-state index is 13.6. The molecule has 0 spiro atoms. The fraction of sp³-hybridized carbons (Fsp3) is 0.188. The van der Waals surface area contributed by atoms with Crippen molar-refractivity contribution in [2.24, 2.45) is 0 Å². The summed E-state index contributed by atoms with van der Waals surface area (Å²) in [6.07, 6.45) is -0.164. The van der Waals surface area contributed by atoms with Gasteiger partial charge in [-0.25, -0.2) is 8.78 Å². The summed E-state index contributed by atoms with van der Waals surface area (Å²) in [7, 11) is 2.95. The number of hydrogen-bond acceptors (Lipinski definition) is 3. The van der Waals surface area contributed by atoms with E-state index in [1.165, 1.54) is 20.3 Å². The highest BCUT2D eigenvalue weighted by Crippen LogP contribution is 2.24. The predicted octanol–water partition coefficient (Wildman–Crippen LogP) is 3.41. The number of ether oxygens (including phenoxy) is 2. The van der Waals surface area contributed by atoms with Gasteiger partial charge in [0.2, 0.25) is 0 Å². The number of methoxy groups -OCH3 is 2. The van der Waals surface area contributed by atoms with E-state index < -0.39 is 11.6 Å².